The molecule has 0 aromatic rings. The summed E-state index contributed by atoms with van der Waals surface area (Å²) in [7, 11) is 0. The van der Waals surface area contributed by atoms with E-state index < -0.39 is 11.9 Å². The standard InChI is InChI=1S/2C16H30O2/c2*1-2-3-4-5-6-7-8-9-10-11-12-13-14-15-16(17)18/h10-11H,2-9,12-15H2,1H3,(H,17,18);9-10H,2-8,11-15H2,1H3,(H,17,18). The quantitative estimate of drug-likeness (QED) is 0.0899. The average Bonchev–Trinajstić information content (AvgIpc) is 2.85. The molecule has 0 aromatic carbocycles. The molecule has 4 nitrogen and oxygen atoms in total. The Morgan fingerprint density at radius 2 is 0.667 bits per heavy atom. The highest BCUT2D eigenvalue weighted by Gasteiger charge is 1.95. The minimum Gasteiger partial charge on any atom is -0.481 e. The first-order chi connectivity index (χ1) is 17.5. The topological polar surface area (TPSA) is 74.6 Å². The molecule has 0 aliphatic carbocycles. The van der Waals surface area contributed by atoms with Crippen LogP contribution in [0, 0.1) is 0 Å². The fraction of sp³-hybridized carbons (Fsp3) is 0.812. The molecule has 0 saturated heterocycles. The van der Waals surface area contributed by atoms with Gasteiger partial charge in [0.05, 0.1) is 0 Å². The summed E-state index contributed by atoms with van der Waals surface area (Å²) in [5.41, 5.74) is 0. The predicted octanol–water partition coefficient (Wildman–Crippen LogP) is 10.7. The second-order valence-corrected chi connectivity index (χ2v) is 10.0. The maximum atomic E-state index is 10.3. The van der Waals surface area contributed by atoms with E-state index in [0.717, 1.165) is 44.9 Å². The Hall–Kier alpha value is -1.58. The van der Waals surface area contributed by atoms with Crippen molar-refractivity contribution in [1.29, 1.82) is 0 Å². The van der Waals surface area contributed by atoms with E-state index in [1.165, 1.54) is 96.3 Å². The van der Waals surface area contributed by atoms with Gasteiger partial charge in [0.25, 0.3) is 0 Å². The molecule has 4 heteroatoms. The van der Waals surface area contributed by atoms with Crippen LogP contribution in [0.15, 0.2) is 24.3 Å². The van der Waals surface area contributed by atoms with E-state index in [1.54, 1.807) is 0 Å². The lowest BCUT2D eigenvalue weighted by atomic mass is 10.1. The number of rotatable bonds is 26. The number of aliphatic carboxylic acids is 2. The third-order valence-electron chi connectivity index (χ3n) is 6.30. The molecular formula is C32H60O4. The van der Waals surface area contributed by atoms with Crippen LogP contribution in [-0.2, 0) is 9.59 Å². The zero-order chi connectivity index (χ0) is 27.0. The molecule has 0 aliphatic heterocycles. The molecule has 0 atom stereocenters. The summed E-state index contributed by atoms with van der Waals surface area (Å²) in [5.74, 6) is -1.35. The number of carbonyl (C=O) groups is 2. The van der Waals surface area contributed by atoms with Crippen LogP contribution in [0.25, 0.3) is 0 Å². The normalized spacial score (nSPS) is 11.2. The van der Waals surface area contributed by atoms with Crippen molar-refractivity contribution in [3.05, 3.63) is 24.3 Å². The molecule has 0 fully saturated rings. The first kappa shape index (κ1) is 36.6. The van der Waals surface area contributed by atoms with E-state index in [9.17, 15) is 9.59 Å². The first-order valence-corrected chi connectivity index (χ1v) is 15.3. The van der Waals surface area contributed by atoms with Crippen molar-refractivity contribution in [3.63, 3.8) is 0 Å². The summed E-state index contributed by atoms with van der Waals surface area (Å²) in [5, 5.41) is 16.9. The van der Waals surface area contributed by atoms with E-state index >= 15 is 0 Å². The van der Waals surface area contributed by atoms with Gasteiger partial charge in [-0.15, -0.1) is 0 Å². The van der Waals surface area contributed by atoms with Crippen LogP contribution in [0.4, 0.5) is 0 Å². The molecule has 0 aromatic heterocycles. The number of unbranched alkanes of at least 4 members (excludes halogenated alkanes) is 18. The van der Waals surface area contributed by atoms with Gasteiger partial charge in [0.15, 0.2) is 0 Å². The van der Waals surface area contributed by atoms with E-state index in [0.29, 0.717) is 12.8 Å². The maximum absolute atomic E-state index is 10.3. The summed E-state index contributed by atoms with van der Waals surface area (Å²) in [6.45, 7) is 4.50. The molecular weight excluding hydrogens is 448 g/mol. The van der Waals surface area contributed by atoms with E-state index in [4.69, 9.17) is 10.2 Å². The van der Waals surface area contributed by atoms with Gasteiger partial charge in [-0.25, -0.2) is 0 Å². The number of carboxylic acid groups (broad SMARTS) is 2. The number of carboxylic acids is 2. The van der Waals surface area contributed by atoms with Crippen LogP contribution in [0.1, 0.15) is 168 Å². The molecule has 0 aliphatic rings. The lowest BCUT2D eigenvalue weighted by Crippen LogP contribution is -1.93. The molecule has 0 amide bonds. The van der Waals surface area contributed by atoms with E-state index in [1.807, 2.05) is 0 Å². The van der Waals surface area contributed by atoms with Crippen molar-refractivity contribution in [1.82, 2.24) is 0 Å². The minimum absolute atomic E-state index is 0.311. The van der Waals surface area contributed by atoms with Gasteiger partial charge < -0.3 is 10.2 Å². The number of allylic oxidation sites excluding steroid dienone is 4. The Bertz CT molecular complexity index is 510. The van der Waals surface area contributed by atoms with Gasteiger partial charge in [-0.05, 0) is 64.2 Å². The smallest absolute Gasteiger partial charge is 0.303 e. The molecule has 0 bridgehead atoms. The van der Waals surface area contributed by atoms with E-state index in [-0.39, 0.29) is 0 Å². The highest BCUT2D eigenvalue weighted by atomic mass is 16.4. The van der Waals surface area contributed by atoms with Crippen molar-refractivity contribution in [3.8, 4) is 0 Å². The van der Waals surface area contributed by atoms with Crippen LogP contribution < -0.4 is 0 Å². The van der Waals surface area contributed by atoms with Crippen molar-refractivity contribution in [2.24, 2.45) is 0 Å². The Balaban J connectivity index is 0. The molecule has 0 radical (unpaired) electrons. The monoisotopic (exact) mass is 508 g/mol. The lowest BCUT2D eigenvalue weighted by molar-refractivity contribution is -0.138. The van der Waals surface area contributed by atoms with Gasteiger partial charge in [0.1, 0.15) is 0 Å². The summed E-state index contributed by atoms with van der Waals surface area (Å²) >= 11 is 0. The number of hydrogen-bond donors (Lipinski definition) is 2. The summed E-state index contributed by atoms with van der Waals surface area (Å²) < 4.78 is 0. The minimum atomic E-state index is -0.679. The van der Waals surface area contributed by atoms with Crippen LogP contribution in [0.3, 0.4) is 0 Å². The highest BCUT2D eigenvalue weighted by molar-refractivity contribution is 5.66. The van der Waals surface area contributed by atoms with Crippen LogP contribution in [0.5, 0.6) is 0 Å². The van der Waals surface area contributed by atoms with Crippen molar-refractivity contribution in [2.45, 2.75) is 168 Å². The van der Waals surface area contributed by atoms with Gasteiger partial charge in [-0.1, -0.05) is 115 Å². The van der Waals surface area contributed by atoms with Gasteiger partial charge >= 0.3 is 11.9 Å². The number of hydrogen-bond acceptors (Lipinski definition) is 2. The second-order valence-electron chi connectivity index (χ2n) is 10.0. The maximum Gasteiger partial charge on any atom is 0.303 e. The summed E-state index contributed by atoms with van der Waals surface area (Å²) in [6.07, 6.45) is 36.7. The predicted molar refractivity (Wildman–Crippen MR) is 156 cm³/mol. The zero-order valence-corrected chi connectivity index (χ0v) is 24.0. The van der Waals surface area contributed by atoms with Gasteiger partial charge in [0.2, 0.25) is 0 Å². The molecule has 0 heterocycles. The fourth-order valence-electron chi connectivity index (χ4n) is 3.99. The van der Waals surface area contributed by atoms with Crippen molar-refractivity contribution < 1.29 is 19.8 Å². The Morgan fingerprint density at radius 1 is 0.417 bits per heavy atom. The highest BCUT2D eigenvalue weighted by Crippen LogP contribution is 2.10. The van der Waals surface area contributed by atoms with Crippen molar-refractivity contribution >= 4 is 11.9 Å². The second kappa shape index (κ2) is 33.4. The van der Waals surface area contributed by atoms with E-state index in [2.05, 4.69) is 38.2 Å². The molecule has 0 saturated carbocycles. The zero-order valence-electron chi connectivity index (χ0n) is 24.0. The van der Waals surface area contributed by atoms with Crippen LogP contribution >= 0.6 is 0 Å². The van der Waals surface area contributed by atoms with Gasteiger partial charge in [0, 0.05) is 12.8 Å². The molecule has 2 N–H and O–H groups in total. The summed E-state index contributed by atoms with van der Waals surface area (Å²) in [6, 6.07) is 0. The molecule has 212 valence electrons. The fourth-order valence-corrected chi connectivity index (χ4v) is 3.99. The van der Waals surface area contributed by atoms with Gasteiger partial charge in [-0.2, -0.15) is 0 Å². The third kappa shape index (κ3) is 39.6. The average molecular weight is 509 g/mol. The Labute approximate surface area is 224 Å². The molecule has 0 rings (SSSR count). The van der Waals surface area contributed by atoms with Crippen LogP contribution in [0.2, 0.25) is 0 Å². The largest absolute Gasteiger partial charge is 0.481 e. The lowest BCUT2D eigenvalue weighted by Gasteiger charge is -1.99. The molecule has 0 spiro atoms. The SMILES string of the molecule is CCCCCCCCC=CCCCCCC(=O)O.CCCCCCCCCC=CCCCCC(=O)O. The Morgan fingerprint density at radius 3 is 1.00 bits per heavy atom. The van der Waals surface area contributed by atoms with Gasteiger partial charge in [-0.3, -0.25) is 9.59 Å². The van der Waals surface area contributed by atoms with Crippen molar-refractivity contribution in [2.75, 3.05) is 0 Å². The summed E-state index contributed by atoms with van der Waals surface area (Å²) in [4.78, 5) is 20.6. The molecule has 36 heavy (non-hydrogen) atoms. The molecule has 0 unspecified atom stereocenters. The first-order valence-electron chi connectivity index (χ1n) is 15.3. The van der Waals surface area contributed by atoms with Crippen LogP contribution in [-0.4, -0.2) is 22.2 Å². The third-order valence-corrected chi connectivity index (χ3v) is 6.30. The Kier molecular flexibility index (Phi) is 34.0.